The zero-order chi connectivity index (χ0) is 20.9. The lowest BCUT2D eigenvalue weighted by atomic mass is 10.1. The molecule has 0 amide bonds. The van der Waals surface area contributed by atoms with Crippen molar-refractivity contribution in [1.82, 2.24) is 4.31 Å². The highest BCUT2D eigenvalue weighted by Crippen LogP contribution is 2.31. The Morgan fingerprint density at radius 3 is 2.14 bits per heavy atom. The Labute approximate surface area is 163 Å². The number of likely N-dealkylation sites (N-methyl/N-ethyl adjacent to an activating group) is 1. The number of methoxy groups -OCH3 is 3. The lowest BCUT2D eigenvalue weighted by Crippen LogP contribution is -2.29. The van der Waals surface area contributed by atoms with Gasteiger partial charge in [0.2, 0.25) is 10.0 Å². The number of nitro benzene ring substituents is 1. The van der Waals surface area contributed by atoms with Crippen LogP contribution in [0.3, 0.4) is 0 Å². The van der Waals surface area contributed by atoms with Crippen LogP contribution in [0.4, 0.5) is 5.69 Å². The van der Waals surface area contributed by atoms with Crippen molar-refractivity contribution in [2.75, 3.05) is 34.9 Å². The Morgan fingerprint density at radius 2 is 1.57 bits per heavy atom. The van der Waals surface area contributed by atoms with Crippen molar-refractivity contribution in [1.29, 1.82) is 0 Å². The van der Waals surface area contributed by atoms with E-state index in [0.717, 1.165) is 15.9 Å². The summed E-state index contributed by atoms with van der Waals surface area (Å²) in [6.45, 7) is 0.178. The van der Waals surface area contributed by atoms with E-state index in [-0.39, 0.29) is 17.2 Å². The number of hydrogen-bond donors (Lipinski definition) is 0. The molecule has 2 aromatic rings. The first-order valence-corrected chi connectivity index (χ1v) is 9.68. The fourth-order valence-corrected chi connectivity index (χ4v) is 3.79. The van der Waals surface area contributed by atoms with Crippen LogP contribution in [0.2, 0.25) is 0 Å². The van der Waals surface area contributed by atoms with Crippen molar-refractivity contribution in [3.05, 3.63) is 52.1 Å². The van der Waals surface area contributed by atoms with E-state index in [1.54, 1.807) is 12.1 Å². The zero-order valence-corrected chi connectivity index (χ0v) is 16.9. The fraction of sp³-hybridized carbons (Fsp3) is 0.333. The van der Waals surface area contributed by atoms with Crippen LogP contribution in [0.5, 0.6) is 17.2 Å². The monoisotopic (exact) mass is 410 g/mol. The smallest absolute Gasteiger partial charge is 0.312 e. The topological polar surface area (TPSA) is 108 Å². The van der Waals surface area contributed by atoms with E-state index in [0.29, 0.717) is 17.9 Å². The van der Waals surface area contributed by atoms with Gasteiger partial charge in [0.05, 0.1) is 31.1 Å². The Bertz CT molecular complexity index is 960. The number of rotatable bonds is 9. The Morgan fingerprint density at radius 1 is 0.964 bits per heavy atom. The number of hydrogen-bond acceptors (Lipinski definition) is 7. The first kappa shape index (κ1) is 21.5. The maximum absolute atomic E-state index is 12.8. The molecule has 0 saturated heterocycles. The third-order valence-corrected chi connectivity index (χ3v) is 6.07. The summed E-state index contributed by atoms with van der Waals surface area (Å²) in [7, 11) is 1.86. The van der Waals surface area contributed by atoms with E-state index < -0.39 is 20.6 Å². The van der Waals surface area contributed by atoms with Gasteiger partial charge in [-0.25, -0.2) is 12.7 Å². The molecule has 0 N–H and O–H groups in total. The second-order valence-electron chi connectivity index (χ2n) is 5.86. The van der Waals surface area contributed by atoms with Gasteiger partial charge in [0, 0.05) is 19.7 Å². The summed E-state index contributed by atoms with van der Waals surface area (Å²) >= 11 is 0. The molecule has 0 unspecified atom stereocenters. The van der Waals surface area contributed by atoms with Gasteiger partial charge in [-0.2, -0.15) is 0 Å². The average Bonchev–Trinajstić information content (AvgIpc) is 2.70. The zero-order valence-electron chi connectivity index (χ0n) is 16.0. The van der Waals surface area contributed by atoms with Gasteiger partial charge < -0.3 is 14.2 Å². The highest BCUT2D eigenvalue weighted by molar-refractivity contribution is 7.89. The van der Waals surface area contributed by atoms with Gasteiger partial charge in [0.15, 0.2) is 17.2 Å². The van der Waals surface area contributed by atoms with Crippen molar-refractivity contribution in [2.45, 2.75) is 11.3 Å². The molecule has 2 aromatic carbocycles. The summed E-state index contributed by atoms with van der Waals surface area (Å²) in [4.78, 5) is 10.3. The van der Waals surface area contributed by atoms with Crippen LogP contribution < -0.4 is 14.2 Å². The van der Waals surface area contributed by atoms with E-state index in [1.807, 2.05) is 6.07 Å². The number of ether oxygens (including phenoxy) is 3. The van der Waals surface area contributed by atoms with Crippen molar-refractivity contribution in [3.63, 3.8) is 0 Å². The van der Waals surface area contributed by atoms with E-state index >= 15 is 0 Å². The van der Waals surface area contributed by atoms with Gasteiger partial charge in [-0.3, -0.25) is 10.1 Å². The lowest BCUT2D eigenvalue weighted by molar-refractivity contribution is -0.386. The Hall–Kier alpha value is -2.85. The molecule has 10 heteroatoms. The molecule has 152 valence electrons. The number of benzene rings is 2. The summed E-state index contributed by atoms with van der Waals surface area (Å²) in [6.07, 6.45) is 0.425. The van der Waals surface area contributed by atoms with Crippen LogP contribution >= 0.6 is 0 Å². The Kier molecular flexibility index (Phi) is 6.81. The van der Waals surface area contributed by atoms with Crippen molar-refractivity contribution in [3.8, 4) is 17.2 Å². The van der Waals surface area contributed by atoms with Gasteiger partial charge in [0.25, 0.3) is 0 Å². The summed E-state index contributed by atoms with van der Waals surface area (Å²) in [6, 6.07) is 8.90. The van der Waals surface area contributed by atoms with Crippen molar-refractivity contribution in [2.24, 2.45) is 0 Å². The molecule has 0 bridgehead atoms. The summed E-state index contributed by atoms with van der Waals surface area (Å²) in [5.41, 5.74) is 0.456. The average molecular weight is 410 g/mol. The highest BCUT2D eigenvalue weighted by Gasteiger charge is 2.25. The molecule has 0 spiro atoms. The predicted octanol–water partition coefficient (Wildman–Crippen LogP) is 2.48. The van der Waals surface area contributed by atoms with Gasteiger partial charge in [-0.1, -0.05) is 6.07 Å². The maximum atomic E-state index is 12.8. The SMILES string of the molecule is COc1ccc(CCN(C)S(=O)(=O)c2ccc(OC)c([N+](=O)[O-])c2)cc1OC. The normalized spacial score (nSPS) is 11.3. The molecule has 0 radical (unpaired) electrons. The largest absolute Gasteiger partial charge is 0.493 e. The van der Waals surface area contributed by atoms with E-state index in [2.05, 4.69) is 0 Å². The minimum absolute atomic E-state index is 0.00284. The summed E-state index contributed by atoms with van der Waals surface area (Å²) in [5, 5.41) is 11.1. The molecule has 0 saturated carbocycles. The third-order valence-electron chi connectivity index (χ3n) is 4.22. The Balaban J connectivity index is 2.20. The van der Waals surface area contributed by atoms with Gasteiger partial charge >= 0.3 is 5.69 Å². The van der Waals surface area contributed by atoms with Crippen LogP contribution in [-0.4, -0.2) is 52.6 Å². The van der Waals surface area contributed by atoms with E-state index in [9.17, 15) is 18.5 Å². The molecule has 0 aliphatic heterocycles. The van der Waals surface area contributed by atoms with Crippen LogP contribution in [0.1, 0.15) is 5.56 Å². The van der Waals surface area contributed by atoms with Crippen LogP contribution in [0.15, 0.2) is 41.3 Å². The van der Waals surface area contributed by atoms with E-state index in [1.165, 1.54) is 40.5 Å². The number of nitro groups is 1. The summed E-state index contributed by atoms with van der Waals surface area (Å²) in [5.74, 6) is 1.13. The molecule has 0 aliphatic rings. The van der Waals surface area contributed by atoms with Crippen molar-refractivity contribution >= 4 is 15.7 Å². The molecule has 0 heterocycles. The van der Waals surface area contributed by atoms with Crippen LogP contribution in [-0.2, 0) is 16.4 Å². The van der Waals surface area contributed by atoms with Gasteiger partial charge in [0.1, 0.15) is 0 Å². The fourth-order valence-electron chi connectivity index (χ4n) is 2.60. The first-order chi connectivity index (χ1) is 13.2. The lowest BCUT2D eigenvalue weighted by Gasteiger charge is -2.18. The second kappa shape index (κ2) is 8.89. The number of nitrogens with zero attached hydrogens (tertiary/aromatic N) is 2. The minimum atomic E-state index is -3.90. The van der Waals surface area contributed by atoms with Gasteiger partial charge in [-0.05, 0) is 36.2 Å². The van der Waals surface area contributed by atoms with Crippen LogP contribution in [0, 0.1) is 10.1 Å². The predicted molar refractivity (Wildman–Crippen MR) is 103 cm³/mol. The molecule has 0 aliphatic carbocycles. The molecule has 2 rings (SSSR count). The maximum Gasteiger partial charge on any atom is 0.312 e. The molecule has 28 heavy (non-hydrogen) atoms. The molecular formula is C18H22N2O7S. The molecule has 9 nitrogen and oxygen atoms in total. The standard InChI is InChI=1S/C18H22N2O7S/c1-19(10-9-13-5-7-17(26-3)18(11-13)27-4)28(23,24)14-6-8-16(25-2)15(12-14)20(21)22/h5-8,11-12H,9-10H2,1-4H3. The third kappa shape index (κ3) is 4.52. The van der Waals surface area contributed by atoms with Crippen molar-refractivity contribution < 1.29 is 27.6 Å². The van der Waals surface area contributed by atoms with Crippen LogP contribution in [0.25, 0.3) is 0 Å². The highest BCUT2D eigenvalue weighted by atomic mass is 32.2. The first-order valence-electron chi connectivity index (χ1n) is 8.24. The quantitative estimate of drug-likeness (QED) is 0.461. The minimum Gasteiger partial charge on any atom is -0.493 e. The molecular weight excluding hydrogens is 388 g/mol. The molecule has 0 fully saturated rings. The molecule has 0 atom stereocenters. The second-order valence-corrected chi connectivity index (χ2v) is 7.90. The van der Waals surface area contributed by atoms with Gasteiger partial charge in [-0.15, -0.1) is 0 Å². The summed E-state index contributed by atoms with van der Waals surface area (Å²) < 4.78 is 42.0. The molecule has 0 aromatic heterocycles. The van der Waals surface area contributed by atoms with E-state index in [4.69, 9.17) is 14.2 Å². The number of sulfonamides is 1.